The lowest BCUT2D eigenvalue weighted by Crippen LogP contribution is -2.43. The third-order valence-electron chi connectivity index (χ3n) is 8.26. The first-order valence-electron chi connectivity index (χ1n) is 14.2. The Morgan fingerprint density at radius 2 is 1.88 bits per heavy atom. The maximum atomic E-state index is 5.06. The van der Waals surface area contributed by atoms with E-state index in [1.807, 2.05) is 18.5 Å². The molecule has 1 saturated heterocycles. The van der Waals surface area contributed by atoms with Gasteiger partial charge in [0.25, 0.3) is 0 Å². The number of aryl methyl sites for hydroxylation is 1. The van der Waals surface area contributed by atoms with Crippen LogP contribution in [0.4, 0.5) is 5.69 Å². The lowest BCUT2D eigenvalue weighted by Gasteiger charge is -2.35. The Balaban J connectivity index is 1.30. The van der Waals surface area contributed by atoms with Crippen molar-refractivity contribution in [2.45, 2.75) is 32.6 Å². The standard InChI is InChI=1S/C32H38N8/c1-5-8-29(40-15-13-39(4)14-16-40)30-22(3)35-32(36-30)31-27-18-24(11-12-28(27)37-38-31)25-17-26(20-33-19-25)34-21(2)23-9-6-7-10-23/h5,8,11-12,17-20,23,34H,1-2,6-7,9-10,13-16H2,3-4H3,(H,35,36)(H,37,38)/b29-8+. The van der Waals surface area contributed by atoms with Crippen molar-refractivity contribution >= 4 is 22.3 Å². The number of fused-ring (bicyclic) bond motifs is 1. The first kappa shape index (κ1) is 26.1. The summed E-state index contributed by atoms with van der Waals surface area (Å²) < 4.78 is 0. The van der Waals surface area contributed by atoms with E-state index in [0.29, 0.717) is 5.92 Å². The molecule has 0 radical (unpaired) electrons. The van der Waals surface area contributed by atoms with Crippen molar-refractivity contribution in [3.63, 3.8) is 0 Å². The van der Waals surface area contributed by atoms with Gasteiger partial charge in [-0.05, 0) is 62.6 Å². The van der Waals surface area contributed by atoms with Crippen LogP contribution in [0.2, 0.25) is 0 Å². The maximum absolute atomic E-state index is 5.06. The van der Waals surface area contributed by atoms with Crippen LogP contribution in [-0.4, -0.2) is 68.2 Å². The van der Waals surface area contributed by atoms with Gasteiger partial charge >= 0.3 is 0 Å². The van der Waals surface area contributed by atoms with Gasteiger partial charge in [-0.3, -0.25) is 10.1 Å². The Kier molecular flexibility index (Phi) is 7.26. The summed E-state index contributed by atoms with van der Waals surface area (Å²) in [5.74, 6) is 1.30. The van der Waals surface area contributed by atoms with E-state index in [2.05, 4.69) is 92.8 Å². The SMILES string of the molecule is C=C/C=C(\c1nc(-c2n[nH]c3ccc(-c4cncc(NC(=C)C5CCCC5)c4)cc23)[nH]c1C)N1CCN(C)CC1. The van der Waals surface area contributed by atoms with Crippen LogP contribution in [0.15, 0.2) is 67.7 Å². The normalized spacial score (nSPS) is 17.1. The largest absolute Gasteiger partial charge is 0.367 e. The number of benzene rings is 1. The maximum Gasteiger partial charge on any atom is 0.159 e. The number of nitrogens with zero attached hydrogens (tertiary/aromatic N) is 5. The number of aromatic nitrogens is 5. The van der Waals surface area contributed by atoms with Crippen molar-refractivity contribution in [2.75, 3.05) is 38.5 Å². The highest BCUT2D eigenvalue weighted by Gasteiger charge is 2.23. The molecule has 8 nitrogen and oxygen atoms in total. The van der Waals surface area contributed by atoms with E-state index in [1.165, 1.54) is 25.7 Å². The van der Waals surface area contributed by atoms with Crippen LogP contribution in [0.25, 0.3) is 39.2 Å². The van der Waals surface area contributed by atoms with Crippen LogP contribution in [0.1, 0.15) is 37.1 Å². The first-order chi connectivity index (χ1) is 19.5. The van der Waals surface area contributed by atoms with Crippen LogP contribution in [0, 0.1) is 12.8 Å². The lowest BCUT2D eigenvalue weighted by atomic mass is 10.0. The third-order valence-corrected chi connectivity index (χ3v) is 8.26. The van der Waals surface area contributed by atoms with Gasteiger partial charge in [0, 0.05) is 54.7 Å². The summed E-state index contributed by atoms with van der Waals surface area (Å²) in [4.78, 5) is 17.8. The molecule has 1 aromatic carbocycles. The molecule has 1 aliphatic heterocycles. The van der Waals surface area contributed by atoms with Gasteiger partial charge in [-0.2, -0.15) is 5.10 Å². The molecule has 2 aliphatic rings. The van der Waals surface area contributed by atoms with Crippen LogP contribution in [0.3, 0.4) is 0 Å². The summed E-state index contributed by atoms with van der Waals surface area (Å²) in [6.45, 7) is 14.3. The van der Waals surface area contributed by atoms with Crippen molar-refractivity contribution in [3.05, 3.63) is 79.1 Å². The van der Waals surface area contributed by atoms with Crippen molar-refractivity contribution in [1.29, 1.82) is 0 Å². The Hall–Kier alpha value is -4.17. The molecule has 206 valence electrons. The number of pyridine rings is 1. The number of likely N-dealkylation sites (N-methyl/N-ethyl adjacent to an activating group) is 1. The summed E-state index contributed by atoms with van der Waals surface area (Å²) in [5, 5.41) is 12.4. The molecular formula is C32H38N8. The molecule has 3 N–H and O–H groups in total. The molecule has 6 rings (SSSR count). The predicted molar refractivity (Wildman–Crippen MR) is 164 cm³/mol. The summed E-state index contributed by atoms with van der Waals surface area (Å²) in [6, 6.07) is 8.49. The van der Waals surface area contributed by atoms with Crippen molar-refractivity contribution in [2.24, 2.45) is 5.92 Å². The Labute approximate surface area is 235 Å². The van der Waals surface area contributed by atoms with Gasteiger partial charge in [0.15, 0.2) is 5.82 Å². The van der Waals surface area contributed by atoms with Gasteiger partial charge in [0.05, 0.1) is 23.1 Å². The highest BCUT2D eigenvalue weighted by molar-refractivity contribution is 5.94. The molecule has 0 spiro atoms. The highest BCUT2D eigenvalue weighted by Crippen LogP contribution is 2.34. The topological polar surface area (TPSA) is 88.8 Å². The Bertz CT molecular complexity index is 1560. The van der Waals surface area contributed by atoms with Crippen molar-refractivity contribution in [3.8, 4) is 22.6 Å². The Morgan fingerprint density at radius 1 is 1.07 bits per heavy atom. The van der Waals surface area contributed by atoms with Gasteiger partial charge in [-0.15, -0.1) is 0 Å². The second kappa shape index (κ2) is 11.1. The quantitative estimate of drug-likeness (QED) is 0.233. The number of rotatable bonds is 8. The smallest absolute Gasteiger partial charge is 0.159 e. The fraction of sp³-hybridized carbons (Fsp3) is 0.344. The number of hydrogen-bond acceptors (Lipinski definition) is 6. The molecule has 3 aromatic heterocycles. The minimum atomic E-state index is 0.549. The van der Waals surface area contributed by atoms with Crippen LogP contribution in [-0.2, 0) is 0 Å². The number of aromatic amines is 2. The minimum absolute atomic E-state index is 0.549. The van der Waals surface area contributed by atoms with Gasteiger partial charge in [-0.1, -0.05) is 38.1 Å². The second-order valence-corrected chi connectivity index (χ2v) is 11.1. The molecular weight excluding hydrogens is 496 g/mol. The highest BCUT2D eigenvalue weighted by atomic mass is 15.3. The summed E-state index contributed by atoms with van der Waals surface area (Å²) in [5.41, 5.74) is 9.00. The monoisotopic (exact) mass is 534 g/mol. The van der Waals surface area contributed by atoms with E-state index >= 15 is 0 Å². The third kappa shape index (κ3) is 5.19. The van der Waals surface area contributed by atoms with Crippen LogP contribution >= 0.6 is 0 Å². The van der Waals surface area contributed by atoms with E-state index in [0.717, 1.165) is 88.2 Å². The zero-order valence-corrected chi connectivity index (χ0v) is 23.5. The number of piperazine rings is 1. The lowest BCUT2D eigenvalue weighted by molar-refractivity contribution is 0.207. The zero-order valence-electron chi connectivity index (χ0n) is 23.5. The number of allylic oxidation sites excluding steroid dienone is 3. The summed E-state index contributed by atoms with van der Waals surface area (Å²) in [7, 11) is 2.17. The molecule has 0 atom stereocenters. The van der Waals surface area contributed by atoms with E-state index in [4.69, 9.17) is 4.98 Å². The average Bonchev–Trinajstić information content (AvgIpc) is 3.72. The zero-order chi connectivity index (χ0) is 27.6. The summed E-state index contributed by atoms with van der Waals surface area (Å²) in [6.07, 6.45) is 12.7. The molecule has 2 fully saturated rings. The van der Waals surface area contributed by atoms with Crippen molar-refractivity contribution in [1.82, 2.24) is 34.9 Å². The van der Waals surface area contributed by atoms with E-state index < -0.39 is 0 Å². The van der Waals surface area contributed by atoms with E-state index in [-0.39, 0.29) is 0 Å². The number of imidazole rings is 1. The van der Waals surface area contributed by atoms with Crippen LogP contribution in [0.5, 0.6) is 0 Å². The fourth-order valence-electron chi connectivity index (χ4n) is 5.92. The number of H-pyrrole nitrogens is 2. The van der Waals surface area contributed by atoms with E-state index in [1.54, 1.807) is 0 Å². The van der Waals surface area contributed by atoms with Gasteiger partial charge in [0.2, 0.25) is 0 Å². The minimum Gasteiger partial charge on any atom is -0.367 e. The molecule has 0 unspecified atom stereocenters. The molecule has 8 heteroatoms. The Morgan fingerprint density at radius 3 is 2.65 bits per heavy atom. The number of hydrogen-bond donors (Lipinski definition) is 3. The molecule has 40 heavy (non-hydrogen) atoms. The molecule has 1 saturated carbocycles. The van der Waals surface area contributed by atoms with Gasteiger partial charge in [-0.25, -0.2) is 4.98 Å². The van der Waals surface area contributed by atoms with Gasteiger partial charge in [0.1, 0.15) is 11.4 Å². The number of anilines is 1. The average molecular weight is 535 g/mol. The molecule has 0 bridgehead atoms. The van der Waals surface area contributed by atoms with Gasteiger partial charge < -0.3 is 20.1 Å². The van der Waals surface area contributed by atoms with E-state index in [9.17, 15) is 0 Å². The predicted octanol–water partition coefficient (Wildman–Crippen LogP) is 6.21. The fourth-order valence-corrected chi connectivity index (χ4v) is 5.92. The molecule has 0 amide bonds. The summed E-state index contributed by atoms with van der Waals surface area (Å²) >= 11 is 0. The molecule has 4 aromatic rings. The number of nitrogens with one attached hydrogen (secondary N) is 3. The first-order valence-corrected chi connectivity index (χ1v) is 14.2. The molecule has 4 heterocycles. The second-order valence-electron chi connectivity index (χ2n) is 11.1. The molecule has 1 aliphatic carbocycles. The van der Waals surface area contributed by atoms with Crippen LogP contribution < -0.4 is 5.32 Å². The van der Waals surface area contributed by atoms with Crippen molar-refractivity contribution < 1.29 is 0 Å².